The van der Waals surface area contributed by atoms with Crippen LogP contribution in [0, 0.1) is 0 Å². The predicted octanol–water partition coefficient (Wildman–Crippen LogP) is 3.49. The van der Waals surface area contributed by atoms with Crippen molar-refractivity contribution in [2.24, 2.45) is 0 Å². The maximum atomic E-state index is 12.5. The highest BCUT2D eigenvalue weighted by Gasteiger charge is 2.20. The van der Waals surface area contributed by atoms with E-state index in [1.54, 1.807) is 18.2 Å². The SMILES string of the molecule is O=C(Nc1ccncc1)c1cccc(NS(=O)(=O)c2cccc(Cl)c2O)c1. The molecule has 0 aliphatic heterocycles. The third-order valence-electron chi connectivity index (χ3n) is 3.55. The van der Waals surface area contributed by atoms with Crippen LogP contribution in [0.4, 0.5) is 11.4 Å². The summed E-state index contributed by atoms with van der Waals surface area (Å²) in [5.74, 6) is -0.953. The quantitative estimate of drug-likeness (QED) is 0.604. The fourth-order valence-electron chi connectivity index (χ4n) is 2.28. The number of aromatic nitrogens is 1. The van der Waals surface area contributed by atoms with Gasteiger partial charge in [-0.15, -0.1) is 0 Å². The number of hydrogen-bond acceptors (Lipinski definition) is 5. The Hall–Kier alpha value is -3.10. The molecular formula is C18H14ClN3O4S. The first-order valence-electron chi connectivity index (χ1n) is 7.68. The molecule has 0 saturated carbocycles. The normalized spacial score (nSPS) is 11.0. The van der Waals surface area contributed by atoms with Gasteiger partial charge >= 0.3 is 0 Å². The Labute approximate surface area is 160 Å². The molecule has 7 nitrogen and oxygen atoms in total. The van der Waals surface area contributed by atoms with Crippen LogP contribution in [-0.4, -0.2) is 24.4 Å². The summed E-state index contributed by atoms with van der Waals surface area (Å²) in [6.45, 7) is 0. The van der Waals surface area contributed by atoms with Crippen LogP contribution in [0.5, 0.6) is 5.75 Å². The van der Waals surface area contributed by atoms with Crippen molar-refractivity contribution in [3.63, 3.8) is 0 Å². The molecule has 0 fully saturated rings. The highest BCUT2D eigenvalue weighted by atomic mass is 35.5. The summed E-state index contributed by atoms with van der Waals surface area (Å²) in [6.07, 6.45) is 3.08. The molecule has 3 rings (SSSR count). The Morgan fingerprint density at radius 2 is 1.70 bits per heavy atom. The van der Waals surface area contributed by atoms with Gasteiger partial charge in [0.25, 0.3) is 15.9 Å². The second-order valence-electron chi connectivity index (χ2n) is 5.46. The van der Waals surface area contributed by atoms with Gasteiger partial charge in [0, 0.05) is 29.3 Å². The number of benzene rings is 2. The Balaban J connectivity index is 1.83. The lowest BCUT2D eigenvalue weighted by molar-refractivity contribution is 0.102. The van der Waals surface area contributed by atoms with Crippen LogP contribution in [0.25, 0.3) is 0 Å². The van der Waals surface area contributed by atoms with E-state index in [-0.39, 0.29) is 21.2 Å². The van der Waals surface area contributed by atoms with E-state index in [1.165, 1.54) is 48.8 Å². The maximum Gasteiger partial charge on any atom is 0.265 e. The molecule has 0 bridgehead atoms. The van der Waals surface area contributed by atoms with E-state index < -0.39 is 21.7 Å². The first-order chi connectivity index (χ1) is 12.9. The first-order valence-corrected chi connectivity index (χ1v) is 9.55. The summed E-state index contributed by atoms with van der Waals surface area (Å²) in [6, 6.07) is 13.2. The average Bonchev–Trinajstić information content (AvgIpc) is 2.64. The largest absolute Gasteiger partial charge is 0.505 e. The number of carbonyl (C=O) groups is 1. The van der Waals surface area contributed by atoms with Crippen LogP contribution in [0.15, 0.2) is 71.9 Å². The number of phenols is 1. The molecule has 2 aromatic carbocycles. The molecule has 1 aromatic heterocycles. The molecule has 0 atom stereocenters. The molecular weight excluding hydrogens is 390 g/mol. The number of carbonyl (C=O) groups excluding carboxylic acids is 1. The summed E-state index contributed by atoms with van der Waals surface area (Å²) in [7, 11) is -4.09. The molecule has 27 heavy (non-hydrogen) atoms. The van der Waals surface area contributed by atoms with E-state index in [1.807, 2.05) is 0 Å². The van der Waals surface area contributed by atoms with Crippen LogP contribution < -0.4 is 10.0 Å². The third kappa shape index (κ3) is 4.36. The number of rotatable bonds is 5. The zero-order valence-electron chi connectivity index (χ0n) is 13.8. The number of nitrogens with zero attached hydrogens (tertiary/aromatic N) is 1. The van der Waals surface area contributed by atoms with Crippen LogP contribution in [-0.2, 0) is 10.0 Å². The summed E-state index contributed by atoms with van der Waals surface area (Å²) in [5.41, 5.74) is 0.976. The van der Waals surface area contributed by atoms with Gasteiger partial charge in [-0.1, -0.05) is 23.7 Å². The molecule has 0 aliphatic carbocycles. The van der Waals surface area contributed by atoms with Crippen molar-refractivity contribution < 1.29 is 18.3 Å². The Kier molecular flexibility index (Phi) is 5.29. The number of phenolic OH excluding ortho intramolecular Hbond substituents is 1. The second kappa shape index (κ2) is 7.65. The van der Waals surface area contributed by atoms with E-state index in [9.17, 15) is 18.3 Å². The Morgan fingerprint density at radius 1 is 1.00 bits per heavy atom. The summed E-state index contributed by atoms with van der Waals surface area (Å²) in [4.78, 5) is 15.8. The third-order valence-corrected chi connectivity index (χ3v) is 5.27. The van der Waals surface area contributed by atoms with Crippen LogP contribution in [0.1, 0.15) is 10.4 Å². The minimum Gasteiger partial charge on any atom is -0.505 e. The highest BCUT2D eigenvalue weighted by molar-refractivity contribution is 7.92. The van der Waals surface area contributed by atoms with Crippen molar-refractivity contribution in [1.82, 2.24) is 4.98 Å². The number of sulfonamides is 1. The lowest BCUT2D eigenvalue weighted by Crippen LogP contribution is -2.15. The van der Waals surface area contributed by atoms with E-state index in [0.717, 1.165) is 0 Å². The number of halogens is 1. The number of pyridine rings is 1. The number of aromatic hydroxyl groups is 1. The van der Waals surface area contributed by atoms with E-state index in [2.05, 4.69) is 15.0 Å². The van der Waals surface area contributed by atoms with Crippen molar-refractivity contribution in [1.29, 1.82) is 0 Å². The molecule has 0 spiro atoms. The fourth-order valence-corrected chi connectivity index (χ4v) is 3.68. The first kappa shape index (κ1) is 18.7. The van der Waals surface area contributed by atoms with Gasteiger partial charge in [-0.25, -0.2) is 8.42 Å². The Bertz CT molecular complexity index is 1090. The fraction of sp³-hybridized carbons (Fsp3) is 0. The summed E-state index contributed by atoms with van der Waals surface area (Å²) >= 11 is 5.77. The van der Waals surface area contributed by atoms with E-state index in [4.69, 9.17) is 11.6 Å². The van der Waals surface area contributed by atoms with Gasteiger partial charge in [0.2, 0.25) is 0 Å². The van der Waals surface area contributed by atoms with Gasteiger partial charge in [-0.2, -0.15) is 0 Å². The molecule has 9 heteroatoms. The molecule has 0 radical (unpaired) electrons. The number of para-hydroxylation sites is 1. The Morgan fingerprint density at radius 3 is 2.44 bits per heavy atom. The van der Waals surface area contributed by atoms with Gasteiger partial charge in [-0.3, -0.25) is 14.5 Å². The van der Waals surface area contributed by atoms with Gasteiger partial charge < -0.3 is 10.4 Å². The van der Waals surface area contributed by atoms with E-state index >= 15 is 0 Å². The summed E-state index contributed by atoms with van der Waals surface area (Å²) in [5, 5.41) is 12.5. The lowest BCUT2D eigenvalue weighted by Gasteiger charge is -2.11. The van der Waals surface area contributed by atoms with Crippen molar-refractivity contribution in [2.75, 3.05) is 10.0 Å². The van der Waals surface area contributed by atoms with Gasteiger partial charge in [0.15, 0.2) is 5.75 Å². The molecule has 1 amide bonds. The molecule has 3 N–H and O–H groups in total. The standard InChI is InChI=1S/C18H14ClN3O4S/c19-15-5-2-6-16(17(15)23)27(25,26)22-14-4-1-3-12(11-14)18(24)21-13-7-9-20-10-8-13/h1-11,22-23H,(H,20,21,24). The topological polar surface area (TPSA) is 108 Å². The molecule has 0 aliphatic rings. The number of hydrogen-bond donors (Lipinski definition) is 3. The van der Waals surface area contributed by atoms with Gasteiger partial charge in [0.1, 0.15) is 4.90 Å². The van der Waals surface area contributed by atoms with Crippen molar-refractivity contribution >= 4 is 38.9 Å². The molecule has 0 unspecified atom stereocenters. The van der Waals surface area contributed by atoms with Crippen molar-refractivity contribution in [3.05, 3.63) is 77.6 Å². The van der Waals surface area contributed by atoms with Crippen LogP contribution >= 0.6 is 11.6 Å². The number of anilines is 2. The monoisotopic (exact) mass is 403 g/mol. The van der Waals surface area contributed by atoms with E-state index in [0.29, 0.717) is 5.69 Å². The smallest absolute Gasteiger partial charge is 0.265 e. The lowest BCUT2D eigenvalue weighted by atomic mass is 10.2. The van der Waals surface area contributed by atoms with Crippen molar-refractivity contribution in [3.8, 4) is 5.75 Å². The van der Waals surface area contributed by atoms with Gasteiger partial charge in [0.05, 0.1) is 5.02 Å². The number of nitrogens with one attached hydrogen (secondary N) is 2. The second-order valence-corrected chi connectivity index (χ2v) is 7.52. The molecule has 138 valence electrons. The highest BCUT2D eigenvalue weighted by Crippen LogP contribution is 2.31. The molecule has 0 saturated heterocycles. The molecule has 1 heterocycles. The van der Waals surface area contributed by atoms with Crippen molar-refractivity contribution in [2.45, 2.75) is 4.90 Å². The molecule has 3 aromatic rings. The zero-order chi connectivity index (χ0) is 19.4. The minimum atomic E-state index is -4.09. The van der Waals surface area contributed by atoms with Gasteiger partial charge in [-0.05, 0) is 42.5 Å². The van der Waals surface area contributed by atoms with Crippen LogP contribution in [0.2, 0.25) is 5.02 Å². The minimum absolute atomic E-state index is 0.0802. The zero-order valence-corrected chi connectivity index (χ0v) is 15.3. The number of amides is 1. The maximum absolute atomic E-state index is 12.5. The average molecular weight is 404 g/mol. The predicted molar refractivity (Wildman–Crippen MR) is 103 cm³/mol. The van der Waals surface area contributed by atoms with Crippen LogP contribution in [0.3, 0.4) is 0 Å². The summed E-state index contributed by atoms with van der Waals surface area (Å²) < 4.78 is 27.3.